The summed E-state index contributed by atoms with van der Waals surface area (Å²) in [7, 11) is 0. The molecule has 1 heterocycles. The first-order valence-corrected chi connectivity index (χ1v) is 7.39. The van der Waals surface area contributed by atoms with Crippen LogP contribution in [0.5, 0.6) is 0 Å². The first-order valence-electron chi connectivity index (χ1n) is 7.01. The maximum Gasteiger partial charge on any atom is 0.322 e. The van der Waals surface area contributed by atoms with Crippen LogP contribution in [0.3, 0.4) is 0 Å². The van der Waals surface area contributed by atoms with Gasteiger partial charge in [0.25, 0.3) is 5.91 Å². The van der Waals surface area contributed by atoms with Crippen molar-refractivity contribution >= 4 is 23.5 Å². The molecule has 0 bridgehead atoms. The SMILES string of the molecule is Cc1ccc(C)c(-c2nnc(NC(=O)c3ccccc3Cl)o2)c1. The van der Waals surface area contributed by atoms with Gasteiger partial charge in [0.15, 0.2) is 0 Å². The Morgan fingerprint density at radius 3 is 2.70 bits per heavy atom. The van der Waals surface area contributed by atoms with E-state index in [2.05, 4.69) is 15.5 Å². The number of aryl methyl sites for hydroxylation is 2. The number of carbonyl (C=O) groups excluding carboxylic acids is 1. The summed E-state index contributed by atoms with van der Waals surface area (Å²) in [5.41, 5.74) is 3.30. The number of benzene rings is 2. The summed E-state index contributed by atoms with van der Waals surface area (Å²) in [5, 5.41) is 10.8. The van der Waals surface area contributed by atoms with Gasteiger partial charge in [-0.05, 0) is 37.6 Å². The molecular weight excluding hydrogens is 314 g/mol. The van der Waals surface area contributed by atoms with Crippen LogP contribution in [-0.2, 0) is 0 Å². The van der Waals surface area contributed by atoms with Crippen molar-refractivity contribution in [3.8, 4) is 11.5 Å². The molecular formula is C17H14ClN3O2. The second-order valence-corrected chi connectivity index (χ2v) is 5.57. The van der Waals surface area contributed by atoms with Crippen LogP contribution in [-0.4, -0.2) is 16.1 Å². The zero-order valence-electron chi connectivity index (χ0n) is 12.6. The number of aromatic nitrogens is 2. The summed E-state index contributed by atoms with van der Waals surface area (Å²) in [6.45, 7) is 3.94. The predicted molar refractivity (Wildman–Crippen MR) is 88.6 cm³/mol. The Labute approximate surface area is 138 Å². The molecule has 23 heavy (non-hydrogen) atoms. The highest BCUT2D eigenvalue weighted by molar-refractivity contribution is 6.34. The van der Waals surface area contributed by atoms with Crippen molar-refractivity contribution < 1.29 is 9.21 Å². The van der Waals surface area contributed by atoms with Crippen LogP contribution in [0.4, 0.5) is 6.01 Å². The van der Waals surface area contributed by atoms with Gasteiger partial charge in [0, 0.05) is 5.56 Å². The van der Waals surface area contributed by atoms with Crippen molar-refractivity contribution in [1.82, 2.24) is 10.2 Å². The van der Waals surface area contributed by atoms with E-state index in [9.17, 15) is 4.79 Å². The Balaban J connectivity index is 1.84. The number of carbonyl (C=O) groups is 1. The minimum Gasteiger partial charge on any atom is -0.403 e. The standard InChI is InChI=1S/C17H14ClN3O2/c1-10-7-8-11(2)13(9-10)16-20-21-17(23-16)19-15(22)12-5-3-4-6-14(12)18/h3-9H,1-2H3,(H,19,21,22). The van der Waals surface area contributed by atoms with Crippen LogP contribution in [0.2, 0.25) is 5.02 Å². The van der Waals surface area contributed by atoms with E-state index in [1.165, 1.54) is 0 Å². The van der Waals surface area contributed by atoms with Crippen LogP contribution in [0.1, 0.15) is 21.5 Å². The van der Waals surface area contributed by atoms with Gasteiger partial charge in [-0.2, -0.15) is 0 Å². The molecule has 1 aromatic heterocycles. The molecule has 1 N–H and O–H groups in total. The molecule has 0 spiro atoms. The molecule has 6 heteroatoms. The minimum absolute atomic E-state index is 0.0332. The zero-order chi connectivity index (χ0) is 16.4. The van der Waals surface area contributed by atoms with Crippen LogP contribution in [0.25, 0.3) is 11.5 Å². The molecule has 116 valence electrons. The predicted octanol–water partition coefficient (Wildman–Crippen LogP) is 4.26. The summed E-state index contributed by atoms with van der Waals surface area (Å²) in [6.07, 6.45) is 0. The van der Waals surface area contributed by atoms with Crippen molar-refractivity contribution in [1.29, 1.82) is 0 Å². The average molecular weight is 328 g/mol. The molecule has 0 atom stereocenters. The molecule has 1 amide bonds. The quantitative estimate of drug-likeness (QED) is 0.780. The molecule has 0 aliphatic rings. The molecule has 2 aromatic carbocycles. The van der Waals surface area contributed by atoms with E-state index in [1.54, 1.807) is 24.3 Å². The van der Waals surface area contributed by atoms with Crippen LogP contribution < -0.4 is 5.32 Å². The van der Waals surface area contributed by atoms with Crippen LogP contribution in [0, 0.1) is 13.8 Å². The van der Waals surface area contributed by atoms with Crippen molar-refractivity contribution in [3.05, 3.63) is 64.2 Å². The van der Waals surface area contributed by atoms with Gasteiger partial charge in [0.1, 0.15) is 0 Å². The number of rotatable bonds is 3. The fraction of sp³-hybridized carbons (Fsp3) is 0.118. The lowest BCUT2D eigenvalue weighted by Crippen LogP contribution is -2.12. The molecule has 0 saturated carbocycles. The van der Waals surface area contributed by atoms with Gasteiger partial charge in [-0.15, -0.1) is 5.10 Å². The number of nitrogens with zero attached hydrogens (tertiary/aromatic N) is 2. The molecule has 0 unspecified atom stereocenters. The minimum atomic E-state index is -0.397. The molecule has 5 nitrogen and oxygen atoms in total. The highest BCUT2D eigenvalue weighted by atomic mass is 35.5. The number of hydrogen-bond donors (Lipinski definition) is 1. The molecule has 0 fully saturated rings. The number of amides is 1. The number of anilines is 1. The van der Waals surface area contributed by atoms with E-state index in [4.69, 9.17) is 16.0 Å². The zero-order valence-corrected chi connectivity index (χ0v) is 13.4. The van der Waals surface area contributed by atoms with Crippen molar-refractivity contribution in [2.24, 2.45) is 0 Å². The van der Waals surface area contributed by atoms with Gasteiger partial charge in [0.05, 0.1) is 10.6 Å². The smallest absolute Gasteiger partial charge is 0.322 e. The summed E-state index contributed by atoms with van der Waals surface area (Å²) in [5.74, 6) is -0.0348. The third-order valence-electron chi connectivity index (χ3n) is 3.39. The summed E-state index contributed by atoms with van der Waals surface area (Å²) < 4.78 is 5.54. The lowest BCUT2D eigenvalue weighted by molar-refractivity contribution is 0.102. The summed E-state index contributed by atoms with van der Waals surface area (Å²) >= 11 is 6.00. The summed E-state index contributed by atoms with van der Waals surface area (Å²) in [6, 6.07) is 12.7. The van der Waals surface area contributed by atoms with Gasteiger partial charge in [-0.1, -0.05) is 46.5 Å². The molecule has 0 aliphatic heterocycles. The highest BCUT2D eigenvalue weighted by Crippen LogP contribution is 2.25. The monoisotopic (exact) mass is 327 g/mol. The molecule has 0 saturated heterocycles. The topological polar surface area (TPSA) is 68.0 Å². The van der Waals surface area contributed by atoms with E-state index in [0.29, 0.717) is 16.5 Å². The summed E-state index contributed by atoms with van der Waals surface area (Å²) in [4.78, 5) is 12.2. The molecule has 3 aromatic rings. The fourth-order valence-corrected chi connectivity index (χ4v) is 2.38. The van der Waals surface area contributed by atoms with E-state index >= 15 is 0 Å². The Kier molecular flexibility index (Phi) is 4.12. The lowest BCUT2D eigenvalue weighted by atomic mass is 10.1. The average Bonchev–Trinajstić information content (AvgIpc) is 2.98. The van der Waals surface area contributed by atoms with E-state index in [0.717, 1.165) is 16.7 Å². The normalized spacial score (nSPS) is 10.6. The third-order valence-corrected chi connectivity index (χ3v) is 3.72. The van der Waals surface area contributed by atoms with Gasteiger partial charge in [-0.3, -0.25) is 10.1 Å². The van der Waals surface area contributed by atoms with Crippen LogP contribution >= 0.6 is 11.6 Å². The fourth-order valence-electron chi connectivity index (χ4n) is 2.16. The number of halogens is 1. The van der Waals surface area contributed by atoms with Crippen LogP contribution in [0.15, 0.2) is 46.9 Å². The third kappa shape index (κ3) is 3.24. The Morgan fingerprint density at radius 2 is 1.91 bits per heavy atom. The second-order valence-electron chi connectivity index (χ2n) is 5.16. The molecule has 3 rings (SSSR count). The lowest BCUT2D eigenvalue weighted by Gasteiger charge is -2.03. The van der Waals surface area contributed by atoms with Crippen molar-refractivity contribution in [2.75, 3.05) is 5.32 Å². The van der Waals surface area contributed by atoms with Crippen molar-refractivity contribution in [2.45, 2.75) is 13.8 Å². The van der Waals surface area contributed by atoms with Crippen molar-refractivity contribution in [3.63, 3.8) is 0 Å². The Hall–Kier alpha value is -2.66. The first kappa shape index (κ1) is 15.2. The van der Waals surface area contributed by atoms with Gasteiger partial charge in [-0.25, -0.2) is 0 Å². The highest BCUT2D eigenvalue weighted by Gasteiger charge is 2.15. The van der Waals surface area contributed by atoms with E-state index in [-0.39, 0.29) is 6.01 Å². The Bertz CT molecular complexity index is 874. The van der Waals surface area contributed by atoms with E-state index < -0.39 is 5.91 Å². The maximum atomic E-state index is 12.2. The Morgan fingerprint density at radius 1 is 1.13 bits per heavy atom. The first-order chi connectivity index (χ1) is 11.0. The van der Waals surface area contributed by atoms with Gasteiger partial charge < -0.3 is 4.42 Å². The van der Waals surface area contributed by atoms with Gasteiger partial charge in [0.2, 0.25) is 5.89 Å². The van der Waals surface area contributed by atoms with E-state index in [1.807, 2.05) is 32.0 Å². The molecule has 0 aliphatic carbocycles. The molecule has 0 radical (unpaired) electrons. The maximum absolute atomic E-state index is 12.2. The number of hydrogen-bond acceptors (Lipinski definition) is 4. The van der Waals surface area contributed by atoms with Gasteiger partial charge >= 0.3 is 6.01 Å². The number of nitrogens with one attached hydrogen (secondary N) is 1. The second kappa shape index (κ2) is 6.22. The largest absolute Gasteiger partial charge is 0.403 e.